The van der Waals surface area contributed by atoms with Crippen LogP contribution in [-0.4, -0.2) is 40.5 Å². The molecule has 2 aliphatic rings. The molecule has 5 aromatic rings. The number of imide groups is 1. The van der Waals surface area contributed by atoms with Crippen LogP contribution in [0.15, 0.2) is 89.7 Å². The standard InChI is InChI=1S/C32H27N3O4/c1-34-19-26(24-9-5-6-10-27(24)34)29-28(31(36)33-32(29)37)25-16-23(15-21-12-14-38-30(21)25)39-22-11-13-35(18-22)17-20-7-3-2-4-8-20/h2-10,12,14-16,19,22H,11,13,17-18H2,1H3,(H,33,36,37). The van der Waals surface area contributed by atoms with Gasteiger partial charge in [0.2, 0.25) is 0 Å². The van der Waals surface area contributed by atoms with Crippen LogP contribution in [0.25, 0.3) is 33.0 Å². The van der Waals surface area contributed by atoms with Gasteiger partial charge in [-0.3, -0.25) is 19.8 Å². The largest absolute Gasteiger partial charge is 0.489 e. The van der Waals surface area contributed by atoms with Crippen LogP contribution < -0.4 is 10.1 Å². The van der Waals surface area contributed by atoms with Crippen molar-refractivity contribution in [3.8, 4) is 5.75 Å². The van der Waals surface area contributed by atoms with Crippen molar-refractivity contribution in [2.45, 2.75) is 19.1 Å². The molecule has 7 nitrogen and oxygen atoms in total. The molecule has 7 rings (SSSR count). The van der Waals surface area contributed by atoms with Crippen LogP contribution in [0.5, 0.6) is 5.75 Å². The maximum Gasteiger partial charge on any atom is 0.259 e. The Balaban J connectivity index is 1.27. The maximum atomic E-state index is 13.3. The van der Waals surface area contributed by atoms with Crippen molar-refractivity contribution < 1.29 is 18.7 Å². The van der Waals surface area contributed by atoms with Gasteiger partial charge in [-0.25, -0.2) is 0 Å². The van der Waals surface area contributed by atoms with Crippen molar-refractivity contribution in [1.29, 1.82) is 0 Å². The summed E-state index contributed by atoms with van der Waals surface area (Å²) in [7, 11) is 1.93. The molecule has 2 amide bonds. The molecule has 1 N–H and O–H groups in total. The first-order valence-corrected chi connectivity index (χ1v) is 13.1. The number of nitrogens with one attached hydrogen (secondary N) is 1. The number of nitrogens with zero attached hydrogens (tertiary/aromatic N) is 2. The number of ether oxygens (including phenoxy) is 1. The molecule has 0 radical (unpaired) electrons. The Morgan fingerprint density at radius 2 is 1.72 bits per heavy atom. The number of rotatable bonds is 6. The highest BCUT2D eigenvalue weighted by Gasteiger charge is 2.35. The minimum absolute atomic E-state index is 0.0245. The SMILES string of the molecule is Cn1cc(C2=C(c3cc(OC4CCN(Cc5ccccc5)C4)cc4ccoc34)C(=O)NC2=O)c2ccccc21. The highest BCUT2D eigenvalue weighted by Crippen LogP contribution is 2.40. The molecule has 2 aromatic heterocycles. The van der Waals surface area contributed by atoms with Crippen molar-refractivity contribution in [2.24, 2.45) is 7.05 Å². The first-order valence-electron chi connectivity index (χ1n) is 13.1. The Hall–Kier alpha value is -4.62. The molecule has 0 saturated carbocycles. The Kier molecular flexibility index (Phi) is 5.60. The van der Waals surface area contributed by atoms with Crippen molar-refractivity contribution in [1.82, 2.24) is 14.8 Å². The van der Waals surface area contributed by atoms with Gasteiger partial charge in [0, 0.05) is 60.3 Å². The van der Waals surface area contributed by atoms with E-state index in [1.807, 2.05) is 66.3 Å². The van der Waals surface area contributed by atoms with Gasteiger partial charge < -0.3 is 13.7 Å². The van der Waals surface area contributed by atoms with Crippen molar-refractivity contribution in [3.63, 3.8) is 0 Å². The van der Waals surface area contributed by atoms with Crippen LogP contribution in [0, 0.1) is 0 Å². The minimum atomic E-state index is -0.437. The Bertz CT molecular complexity index is 1780. The fourth-order valence-electron chi connectivity index (χ4n) is 5.89. The smallest absolute Gasteiger partial charge is 0.259 e. The summed E-state index contributed by atoms with van der Waals surface area (Å²) in [6.45, 7) is 2.65. The van der Waals surface area contributed by atoms with Gasteiger partial charge in [0.1, 0.15) is 17.4 Å². The normalized spacial score (nSPS) is 18.0. The molecular formula is C32H27N3O4. The van der Waals surface area contributed by atoms with Crippen molar-refractivity contribution >= 4 is 44.8 Å². The zero-order valence-corrected chi connectivity index (χ0v) is 21.5. The molecule has 7 heteroatoms. The number of carbonyl (C=O) groups excluding carboxylic acids is 2. The molecule has 39 heavy (non-hydrogen) atoms. The zero-order valence-electron chi connectivity index (χ0n) is 21.5. The van der Waals surface area contributed by atoms with E-state index in [1.54, 1.807) is 6.26 Å². The number of aryl methyl sites for hydroxylation is 1. The summed E-state index contributed by atoms with van der Waals surface area (Å²) in [5.74, 6) is -0.195. The summed E-state index contributed by atoms with van der Waals surface area (Å²) < 4.78 is 14.3. The third-order valence-electron chi connectivity index (χ3n) is 7.67. The highest BCUT2D eigenvalue weighted by molar-refractivity contribution is 6.50. The third-order valence-corrected chi connectivity index (χ3v) is 7.67. The van der Waals surface area contributed by atoms with Crippen LogP contribution in [0.4, 0.5) is 0 Å². The van der Waals surface area contributed by atoms with Gasteiger partial charge in [0.05, 0.1) is 17.4 Å². The number of aromatic nitrogens is 1. The topological polar surface area (TPSA) is 76.7 Å². The molecule has 4 heterocycles. The van der Waals surface area contributed by atoms with E-state index in [2.05, 4.69) is 34.5 Å². The fourth-order valence-corrected chi connectivity index (χ4v) is 5.89. The van der Waals surface area contributed by atoms with Gasteiger partial charge in [-0.15, -0.1) is 0 Å². The maximum absolute atomic E-state index is 13.3. The first kappa shape index (κ1) is 23.5. The fraction of sp³-hybridized carbons (Fsp3) is 0.188. The van der Waals surface area contributed by atoms with Crippen LogP contribution >= 0.6 is 0 Å². The van der Waals surface area contributed by atoms with Crippen LogP contribution in [0.2, 0.25) is 0 Å². The van der Waals surface area contributed by atoms with Gasteiger partial charge in [-0.1, -0.05) is 48.5 Å². The Morgan fingerprint density at radius 1 is 0.949 bits per heavy atom. The number of hydrogen-bond acceptors (Lipinski definition) is 5. The summed E-state index contributed by atoms with van der Waals surface area (Å²) in [5, 5.41) is 4.24. The van der Waals surface area contributed by atoms with E-state index in [0.29, 0.717) is 33.6 Å². The number of para-hydroxylation sites is 1. The number of fused-ring (bicyclic) bond motifs is 2. The zero-order chi connectivity index (χ0) is 26.5. The monoisotopic (exact) mass is 517 g/mol. The lowest BCUT2D eigenvalue weighted by Crippen LogP contribution is -2.24. The quantitative estimate of drug-likeness (QED) is 0.316. The molecule has 0 bridgehead atoms. The lowest BCUT2D eigenvalue weighted by atomic mass is 9.94. The molecule has 1 atom stereocenters. The van der Waals surface area contributed by atoms with Crippen molar-refractivity contribution in [2.75, 3.05) is 13.1 Å². The molecule has 2 aliphatic heterocycles. The minimum Gasteiger partial charge on any atom is -0.489 e. The van der Waals surface area contributed by atoms with Crippen LogP contribution in [0.3, 0.4) is 0 Å². The number of amides is 2. The number of carbonyl (C=O) groups is 2. The van der Waals surface area contributed by atoms with E-state index >= 15 is 0 Å². The van der Waals surface area contributed by atoms with Crippen LogP contribution in [0.1, 0.15) is 23.1 Å². The van der Waals surface area contributed by atoms with Gasteiger partial charge in [0.15, 0.2) is 0 Å². The number of furan rings is 1. The molecule has 194 valence electrons. The summed E-state index contributed by atoms with van der Waals surface area (Å²) in [6.07, 6.45) is 4.44. The predicted octanol–water partition coefficient (Wildman–Crippen LogP) is 5.15. The van der Waals surface area contributed by atoms with Gasteiger partial charge in [-0.2, -0.15) is 0 Å². The first-order chi connectivity index (χ1) is 19.0. The van der Waals surface area contributed by atoms with E-state index in [4.69, 9.17) is 9.15 Å². The van der Waals surface area contributed by atoms with Crippen LogP contribution in [-0.2, 0) is 23.2 Å². The Morgan fingerprint density at radius 3 is 2.56 bits per heavy atom. The molecule has 1 unspecified atom stereocenters. The average Bonchev–Trinajstić information content (AvgIpc) is 3.71. The lowest BCUT2D eigenvalue weighted by molar-refractivity contribution is -0.122. The van der Waals surface area contributed by atoms with E-state index in [1.165, 1.54) is 5.56 Å². The number of hydrogen-bond donors (Lipinski definition) is 1. The van der Waals surface area contributed by atoms with E-state index < -0.39 is 11.8 Å². The second-order valence-electron chi connectivity index (χ2n) is 10.3. The van der Waals surface area contributed by atoms with E-state index in [-0.39, 0.29) is 6.10 Å². The van der Waals surface area contributed by atoms with Gasteiger partial charge in [0.25, 0.3) is 11.8 Å². The second kappa shape index (κ2) is 9.29. The second-order valence-corrected chi connectivity index (χ2v) is 10.3. The molecule has 0 spiro atoms. The molecule has 3 aromatic carbocycles. The van der Waals surface area contributed by atoms with Gasteiger partial charge in [-0.05, 0) is 36.2 Å². The van der Waals surface area contributed by atoms with E-state index in [0.717, 1.165) is 42.3 Å². The molecule has 1 fully saturated rings. The summed E-state index contributed by atoms with van der Waals surface area (Å²) in [5.41, 5.74) is 4.73. The highest BCUT2D eigenvalue weighted by atomic mass is 16.5. The lowest BCUT2D eigenvalue weighted by Gasteiger charge is -2.17. The molecule has 1 saturated heterocycles. The number of benzene rings is 3. The van der Waals surface area contributed by atoms with Gasteiger partial charge >= 0.3 is 0 Å². The molecular weight excluding hydrogens is 490 g/mol. The molecule has 0 aliphatic carbocycles. The summed E-state index contributed by atoms with van der Waals surface area (Å²) in [6, 6.07) is 23.9. The van der Waals surface area contributed by atoms with Crippen molar-refractivity contribution in [3.05, 3.63) is 102 Å². The summed E-state index contributed by atoms with van der Waals surface area (Å²) in [4.78, 5) is 28.8. The number of likely N-dealkylation sites (tertiary alicyclic amines) is 1. The summed E-state index contributed by atoms with van der Waals surface area (Å²) >= 11 is 0. The Labute approximate surface area is 225 Å². The van der Waals surface area contributed by atoms with E-state index in [9.17, 15) is 9.59 Å². The third kappa shape index (κ3) is 4.11. The predicted molar refractivity (Wildman–Crippen MR) is 150 cm³/mol. The average molecular weight is 518 g/mol.